The Kier molecular flexibility index (Phi) is 6.76. The molecule has 1 rings (SSSR count). The molecule has 6 nitrogen and oxygen atoms in total. The van der Waals surface area contributed by atoms with Gasteiger partial charge in [-0.15, -0.1) is 0 Å². The fraction of sp³-hybridized carbons (Fsp3) is 0.643. The quantitative estimate of drug-likeness (QED) is 0.554. The molecule has 0 spiro atoms. The van der Waals surface area contributed by atoms with Gasteiger partial charge in [-0.25, -0.2) is 4.98 Å². The van der Waals surface area contributed by atoms with Gasteiger partial charge in [0, 0.05) is 26.2 Å². The van der Waals surface area contributed by atoms with Crippen LogP contribution in [0.5, 0.6) is 0 Å². The summed E-state index contributed by atoms with van der Waals surface area (Å²) in [6.07, 6.45) is 4.13. The van der Waals surface area contributed by atoms with E-state index in [0.717, 1.165) is 38.8 Å². The van der Waals surface area contributed by atoms with Gasteiger partial charge in [0.05, 0.1) is 4.92 Å². The first-order valence-electron chi connectivity index (χ1n) is 7.22. The van der Waals surface area contributed by atoms with Gasteiger partial charge >= 0.3 is 5.69 Å². The van der Waals surface area contributed by atoms with E-state index in [-0.39, 0.29) is 10.6 Å². The molecule has 112 valence electrons. The van der Waals surface area contributed by atoms with E-state index in [9.17, 15) is 10.1 Å². The molecule has 0 unspecified atom stereocenters. The van der Waals surface area contributed by atoms with Crippen LogP contribution >= 0.6 is 0 Å². The Morgan fingerprint density at radius 3 is 2.30 bits per heavy atom. The Morgan fingerprint density at radius 1 is 1.25 bits per heavy atom. The number of nitro groups is 1. The Labute approximate surface area is 120 Å². The maximum atomic E-state index is 11.2. The van der Waals surface area contributed by atoms with Crippen molar-refractivity contribution in [1.29, 1.82) is 0 Å². The summed E-state index contributed by atoms with van der Waals surface area (Å²) in [5.74, 6) is 1.13. The van der Waals surface area contributed by atoms with Gasteiger partial charge in [0.1, 0.15) is 5.82 Å². The number of rotatable bonds is 9. The molecule has 0 aliphatic heterocycles. The van der Waals surface area contributed by atoms with Crippen LogP contribution in [0.1, 0.15) is 39.5 Å². The van der Waals surface area contributed by atoms with E-state index in [4.69, 9.17) is 0 Å². The Morgan fingerprint density at radius 2 is 1.85 bits per heavy atom. The van der Waals surface area contributed by atoms with Crippen LogP contribution in [0.15, 0.2) is 12.1 Å². The fourth-order valence-corrected chi connectivity index (χ4v) is 1.98. The molecule has 0 atom stereocenters. The van der Waals surface area contributed by atoms with Crippen molar-refractivity contribution in [2.75, 3.05) is 30.4 Å². The molecule has 0 aliphatic carbocycles. The highest BCUT2D eigenvalue weighted by Gasteiger charge is 2.21. The molecule has 0 saturated heterocycles. The Hall–Kier alpha value is -1.85. The summed E-state index contributed by atoms with van der Waals surface area (Å²) >= 11 is 0. The molecule has 20 heavy (non-hydrogen) atoms. The number of unbranched alkanes of at least 4 members (excludes halogenated alkanes) is 2. The van der Waals surface area contributed by atoms with E-state index in [1.807, 2.05) is 4.90 Å². The number of hydrogen-bond acceptors (Lipinski definition) is 5. The highest BCUT2D eigenvalue weighted by molar-refractivity contribution is 5.61. The van der Waals surface area contributed by atoms with E-state index in [2.05, 4.69) is 24.1 Å². The zero-order valence-electron chi connectivity index (χ0n) is 12.6. The molecule has 0 radical (unpaired) electrons. The fourth-order valence-electron chi connectivity index (χ4n) is 1.98. The topological polar surface area (TPSA) is 71.3 Å². The second-order valence-corrected chi connectivity index (χ2v) is 4.74. The molecule has 0 saturated carbocycles. The Bertz CT molecular complexity index is 429. The van der Waals surface area contributed by atoms with Gasteiger partial charge in [0.25, 0.3) is 0 Å². The van der Waals surface area contributed by atoms with E-state index in [1.54, 1.807) is 13.1 Å². The average Bonchev–Trinajstić information content (AvgIpc) is 2.46. The molecule has 0 fully saturated rings. The molecular formula is C14H24N4O2. The Balaban J connectivity index is 3.09. The van der Waals surface area contributed by atoms with Gasteiger partial charge in [-0.05, 0) is 18.9 Å². The van der Waals surface area contributed by atoms with E-state index in [1.165, 1.54) is 6.07 Å². The second-order valence-electron chi connectivity index (χ2n) is 4.74. The van der Waals surface area contributed by atoms with Gasteiger partial charge in [-0.2, -0.15) is 0 Å². The van der Waals surface area contributed by atoms with Crippen molar-refractivity contribution in [3.05, 3.63) is 22.2 Å². The SMILES string of the molecule is CCCCN(CCCC)c1nc(NC)ccc1[N+](=O)[O-]. The summed E-state index contributed by atoms with van der Waals surface area (Å²) in [6.45, 7) is 5.84. The summed E-state index contributed by atoms with van der Waals surface area (Å²) in [4.78, 5) is 17.3. The minimum Gasteiger partial charge on any atom is -0.373 e. The number of pyridine rings is 1. The summed E-state index contributed by atoms with van der Waals surface area (Å²) in [5, 5.41) is 14.1. The molecule has 0 amide bonds. The van der Waals surface area contributed by atoms with Crippen molar-refractivity contribution in [1.82, 2.24) is 4.98 Å². The van der Waals surface area contributed by atoms with E-state index >= 15 is 0 Å². The lowest BCUT2D eigenvalue weighted by atomic mass is 10.2. The average molecular weight is 280 g/mol. The maximum absolute atomic E-state index is 11.2. The number of nitrogens with one attached hydrogen (secondary N) is 1. The van der Waals surface area contributed by atoms with Crippen LogP contribution in [0.4, 0.5) is 17.3 Å². The zero-order chi connectivity index (χ0) is 15.0. The van der Waals surface area contributed by atoms with Crippen molar-refractivity contribution >= 4 is 17.3 Å². The number of anilines is 2. The summed E-state index contributed by atoms with van der Waals surface area (Å²) in [7, 11) is 1.76. The predicted molar refractivity (Wildman–Crippen MR) is 82.5 cm³/mol. The second kappa shape index (κ2) is 8.35. The smallest absolute Gasteiger partial charge is 0.311 e. The number of aromatic nitrogens is 1. The molecule has 0 aromatic carbocycles. The summed E-state index contributed by atoms with van der Waals surface area (Å²) in [6, 6.07) is 3.17. The van der Waals surface area contributed by atoms with E-state index in [0.29, 0.717) is 11.6 Å². The van der Waals surface area contributed by atoms with Crippen LogP contribution in [0.2, 0.25) is 0 Å². The molecule has 1 aromatic heterocycles. The first-order valence-corrected chi connectivity index (χ1v) is 7.22. The van der Waals surface area contributed by atoms with Crippen molar-refractivity contribution in [2.24, 2.45) is 0 Å². The van der Waals surface area contributed by atoms with Crippen molar-refractivity contribution in [3.8, 4) is 0 Å². The summed E-state index contributed by atoms with van der Waals surface area (Å²) < 4.78 is 0. The van der Waals surface area contributed by atoms with Crippen LogP contribution in [0, 0.1) is 10.1 Å². The van der Waals surface area contributed by atoms with Crippen LogP contribution in [-0.2, 0) is 0 Å². The molecule has 1 heterocycles. The minimum absolute atomic E-state index is 0.0798. The normalized spacial score (nSPS) is 10.3. The molecule has 6 heteroatoms. The third-order valence-electron chi connectivity index (χ3n) is 3.17. The monoisotopic (exact) mass is 280 g/mol. The first-order chi connectivity index (χ1) is 9.63. The van der Waals surface area contributed by atoms with Crippen molar-refractivity contribution < 1.29 is 4.92 Å². The van der Waals surface area contributed by atoms with Crippen molar-refractivity contribution in [3.63, 3.8) is 0 Å². The van der Waals surface area contributed by atoms with E-state index < -0.39 is 0 Å². The highest BCUT2D eigenvalue weighted by Crippen LogP contribution is 2.28. The third-order valence-corrected chi connectivity index (χ3v) is 3.17. The largest absolute Gasteiger partial charge is 0.373 e. The standard InChI is InChI=1S/C14H24N4O2/c1-4-6-10-17(11-7-5-2)14-12(18(19)20)8-9-13(15-3)16-14/h8-9H,4-7,10-11H2,1-3H3,(H,15,16). The van der Waals surface area contributed by atoms with Gasteiger partial charge in [-0.1, -0.05) is 26.7 Å². The van der Waals surface area contributed by atoms with Crippen LogP contribution in [0.3, 0.4) is 0 Å². The molecular weight excluding hydrogens is 256 g/mol. The molecule has 1 aromatic rings. The molecule has 0 aliphatic rings. The van der Waals surface area contributed by atoms with Crippen LogP contribution < -0.4 is 10.2 Å². The maximum Gasteiger partial charge on any atom is 0.311 e. The number of nitrogens with zero attached hydrogens (tertiary/aromatic N) is 3. The van der Waals surface area contributed by atoms with Gasteiger partial charge < -0.3 is 10.2 Å². The predicted octanol–water partition coefficient (Wildman–Crippen LogP) is 3.44. The number of hydrogen-bond donors (Lipinski definition) is 1. The first kappa shape index (κ1) is 16.2. The van der Waals surface area contributed by atoms with Crippen LogP contribution in [-0.4, -0.2) is 30.0 Å². The van der Waals surface area contributed by atoms with Crippen molar-refractivity contribution in [2.45, 2.75) is 39.5 Å². The minimum atomic E-state index is -0.354. The van der Waals surface area contributed by atoms with Gasteiger partial charge in [-0.3, -0.25) is 10.1 Å². The lowest BCUT2D eigenvalue weighted by Crippen LogP contribution is -2.27. The lowest BCUT2D eigenvalue weighted by molar-refractivity contribution is -0.384. The van der Waals surface area contributed by atoms with Crippen LogP contribution in [0.25, 0.3) is 0 Å². The van der Waals surface area contributed by atoms with Gasteiger partial charge in [0.15, 0.2) is 0 Å². The zero-order valence-corrected chi connectivity index (χ0v) is 12.6. The van der Waals surface area contributed by atoms with Gasteiger partial charge in [0.2, 0.25) is 5.82 Å². The molecule has 1 N–H and O–H groups in total. The summed E-state index contributed by atoms with van der Waals surface area (Å²) in [5.41, 5.74) is 0.0798. The highest BCUT2D eigenvalue weighted by atomic mass is 16.6. The third kappa shape index (κ3) is 4.36. The lowest BCUT2D eigenvalue weighted by Gasteiger charge is -2.23. The molecule has 0 bridgehead atoms.